The van der Waals surface area contributed by atoms with Crippen LogP contribution in [0, 0.1) is 6.92 Å². The fraction of sp³-hybridized carbons (Fsp3) is 0.292. The Morgan fingerprint density at radius 3 is 2.38 bits per heavy atom. The van der Waals surface area contributed by atoms with Crippen molar-refractivity contribution in [3.63, 3.8) is 0 Å². The first-order valence-electron chi connectivity index (χ1n) is 10.3. The molecule has 2 aromatic carbocycles. The summed E-state index contributed by atoms with van der Waals surface area (Å²) in [7, 11) is 0. The first kappa shape index (κ1) is 19.3. The van der Waals surface area contributed by atoms with Crippen LogP contribution in [0.1, 0.15) is 22.8 Å². The highest BCUT2D eigenvalue weighted by Crippen LogP contribution is 2.24. The van der Waals surface area contributed by atoms with E-state index in [-0.39, 0.29) is 5.91 Å². The van der Waals surface area contributed by atoms with Gasteiger partial charge in [0.15, 0.2) is 0 Å². The van der Waals surface area contributed by atoms with E-state index in [0.29, 0.717) is 5.56 Å². The number of carbonyl (C=O) groups excluding carboxylic acids is 1. The average molecular weight is 389 g/mol. The number of anilines is 2. The van der Waals surface area contributed by atoms with Crippen molar-refractivity contribution in [3.05, 3.63) is 78.1 Å². The number of aromatic nitrogens is 1. The molecule has 150 valence electrons. The maximum Gasteiger partial charge on any atom is 0.255 e. The topological polar surface area (TPSA) is 40.5 Å². The second-order valence-corrected chi connectivity index (χ2v) is 7.52. The van der Waals surface area contributed by atoms with Gasteiger partial charge in [0.05, 0.1) is 0 Å². The minimum atomic E-state index is -0.0913. The van der Waals surface area contributed by atoms with Crippen LogP contribution in [0.5, 0.6) is 0 Å². The predicted octanol–water partition coefficient (Wildman–Crippen LogP) is 4.18. The third-order valence-corrected chi connectivity index (χ3v) is 5.65. The molecule has 1 N–H and O–H groups in total. The van der Waals surface area contributed by atoms with Gasteiger partial charge in [-0.2, -0.15) is 0 Å². The molecule has 5 nitrogen and oxygen atoms in total. The maximum absolute atomic E-state index is 12.8. The summed E-state index contributed by atoms with van der Waals surface area (Å²) >= 11 is 0. The van der Waals surface area contributed by atoms with Crippen molar-refractivity contribution in [2.45, 2.75) is 13.8 Å². The van der Waals surface area contributed by atoms with Crippen molar-refractivity contribution < 1.29 is 4.79 Å². The molecular formula is C24H28N4O. The first-order chi connectivity index (χ1) is 14.1. The molecule has 0 aliphatic carbocycles. The number of amides is 1. The summed E-state index contributed by atoms with van der Waals surface area (Å²) in [6, 6.07) is 17.9. The molecule has 3 aromatic rings. The zero-order chi connectivity index (χ0) is 20.2. The average Bonchev–Trinajstić information content (AvgIpc) is 3.30. The zero-order valence-electron chi connectivity index (χ0n) is 17.1. The highest BCUT2D eigenvalue weighted by atomic mass is 16.1. The van der Waals surface area contributed by atoms with Crippen LogP contribution in [0.2, 0.25) is 0 Å². The molecule has 1 saturated heterocycles. The highest BCUT2D eigenvalue weighted by Gasteiger charge is 2.17. The van der Waals surface area contributed by atoms with Gasteiger partial charge in [-0.3, -0.25) is 4.79 Å². The molecule has 0 spiro atoms. The molecule has 1 amide bonds. The lowest BCUT2D eigenvalue weighted by Gasteiger charge is -2.35. The predicted molar refractivity (Wildman–Crippen MR) is 119 cm³/mol. The minimum Gasteiger partial charge on any atom is -0.369 e. The van der Waals surface area contributed by atoms with Crippen molar-refractivity contribution in [1.29, 1.82) is 0 Å². The van der Waals surface area contributed by atoms with Gasteiger partial charge in [-0.25, -0.2) is 0 Å². The third kappa shape index (κ3) is 4.35. The van der Waals surface area contributed by atoms with Gasteiger partial charge in [-0.05, 0) is 67.6 Å². The Morgan fingerprint density at radius 1 is 0.931 bits per heavy atom. The van der Waals surface area contributed by atoms with E-state index >= 15 is 0 Å². The molecular weight excluding hydrogens is 360 g/mol. The van der Waals surface area contributed by atoms with E-state index in [1.807, 2.05) is 59.4 Å². The molecule has 4 rings (SSSR count). The molecule has 0 unspecified atom stereocenters. The molecule has 1 aliphatic heterocycles. The van der Waals surface area contributed by atoms with E-state index < -0.39 is 0 Å². The Kier molecular flexibility index (Phi) is 5.67. The third-order valence-electron chi connectivity index (χ3n) is 5.65. The van der Waals surface area contributed by atoms with Gasteiger partial charge in [0, 0.05) is 61.2 Å². The van der Waals surface area contributed by atoms with E-state index in [2.05, 4.69) is 41.1 Å². The number of nitrogens with one attached hydrogen (secondary N) is 1. The molecule has 1 aromatic heterocycles. The van der Waals surface area contributed by atoms with Gasteiger partial charge < -0.3 is 19.7 Å². The Morgan fingerprint density at radius 2 is 1.69 bits per heavy atom. The standard InChI is InChI=1S/C24H28N4O/c1-3-26-13-15-28(16-14-26)22-9-10-23(19(2)17-22)25-24(29)20-7-6-8-21(18-20)27-11-4-5-12-27/h4-12,17-18H,3,13-16H2,1-2H3,(H,25,29). The summed E-state index contributed by atoms with van der Waals surface area (Å²) in [4.78, 5) is 17.7. The molecule has 5 heteroatoms. The van der Waals surface area contributed by atoms with Gasteiger partial charge in [-0.15, -0.1) is 0 Å². The van der Waals surface area contributed by atoms with Gasteiger partial charge in [0.2, 0.25) is 0 Å². The van der Waals surface area contributed by atoms with Crippen LogP contribution in [0.3, 0.4) is 0 Å². The quantitative estimate of drug-likeness (QED) is 0.713. The van der Waals surface area contributed by atoms with Crippen molar-refractivity contribution in [2.75, 3.05) is 42.9 Å². The van der Waals surface area contributed by atoms with Crippen molar-refractivity contribution in [1.82, 2.24) is 9.47 Å². The van der Waals surface area contributed by atoms with E-state index in [0.717, 1.165) is 49.7 Å². The van der Waals surface area contributed by atoms with Crippen LogP contribution in [0.4, 0.5) is 11.4 Å². The lowest BCUT2D eigenvalue weighted by Crippen LogP contribution is -2.46. The second-order valence-electron chi connectivity index (χ2n) is 7.52. The lowest BCUT2D eigenvalue weighted by atomic mass is 10.1. The molecule has 0 bridgehead atoms. The summed E-state index contributed by atoms with van der Waals surface area (Å²) in [6.45, 7) is 9.68. The number of benzene rings is 2. The Hall–Kier alpha value is -3.05. The summed E-state index contributed by atoms with van der Waals surface area (Å²) in [5.74, 6) is -0.0913. The van der Waals surface area contributed by atoms with Crippen LogP contribution in [0.15, 0.2) is 67.0 Å². The first-order valence-corrected chi connectivity index (χ1v) is 10.3. The highest BCUT2D eigenvalue weighted by molar-refractivity contribution is 6.05. The second kappa shape index (κ2) is 8.53. The largest absolute Gasteiger partial charge is 0.369 e. The van der Waals surface area contributed by atoms with E-state index in [4.69, 9.17) is 0 Å². The lowest BCUT2D eigenvalue weighted by molar-refractivity contribution is 0.102. The summed E-state index contributed by atoms with van der Waals surface area (Å²) in [6.07, 6.45) is 3.94. The Bertz CT molecular complexity index is 972. The number of carbonyl (C=O) groups is 1. The normalized spacial score (nSPS) is 14.8. The number of rotatable bonds is 5. The number of hydrogen-bond donors (Lipinski definition) is 1. The molecule has 0 saturated carbocycles. The van der Waals surface area contributed by atoms with Crippen molar-refractivity contribution >= 4 is 17.3 Å². The Labute approximate surface area is 172 Å². The molecule has 0 radical (unpaired) electrons. The van der Waals surface area contributed by atoms with E-state index in [1.165, 1.54) is 5.69 Å². The summed E-state index contributed by atoms with van der Waals surface area (Å²) in [5.41, 5.74) is 4.79. The van der Waals surface area contributed by atoms with E-state index in [9.17, 15) is 4.79 Å². The molecule has 1 aliphatic rings. The summed E-state index contributed by atoms with van der Waals surface area (Å²) in [5, 5.41) is 3.07. The van der Waals surface area contributed by atoms with Gasteiger partial charge >= 0.3 is 0 Å². The summed E-state index contributed by atoms with van der Waals surface area (Å²) < 4.78 is 2.00. The smallest absolute Gasteiger partial charge is 0.255 e. The van der Waals surface area contributed by atoms with Gasteiger partial charge in [0.25, 0.3) is 5.91 Å². The van der Waals surface area contributed by atoms with Crippen LogP contribution in [-0.2, 0) is 0 Å². The Balaban J connectivity index is 1.46. The van der Waals surface area contributed by atoms with Crippen LogP contribution < -0.4 is 10.2 Å². The zero-order valence-corrected chi connectivity index (χ0v) is 17.1. The number of aryl methyl sites for hydroxylation is 1. The number of piperazine rings is 1. The van der Waals surface area contributed by atoms with Crippen molar-refractivity contribution in [2.24, 2.45) is 0 Å². The fourth-order valence-corrected chi connectivity index (χ4v) is 3.82. The molecule has 0 atom stereocenters. The molecule has 1 fully saturated rings. The van der Waals surface area contributed by atoms with Crippen LogP contribution in [0.25, 0.3) is 5.69 Å². The number of likely N-dealkylation sites (N-methyl/N-ethyl adjacent to an activating group) is 1. The van der Waals surface area contributed by atoms with Crippen LogP contribution in [-0.4, -0.2) is 48.1 Å². The monoisotopic (exact) mass is 388 g/mol. The molecule has 29 heavy (non-hydrogen) atoms. The van der Waals surface area contributed by atoms with Gasteiger partial charge in [-0.1, -0.05) is 13.0 Å². The minimum absolute atomic E-state index is 0.0913. The number of hydrogen-bond acceptors (Lipinski definition) is 3. The van der Waals surface area contributed by atoms with Crippen molar-refractivity contribution in [3.8, 4) is 5.69 Å². The SMILES string of the molecule is CCN1CCN(c2ccc(NC(=O)c3cccc(-n4cccc4)c3)c(C)c2)CC1. The van der Waals surface area contributed by atoms with E-state index in [1.54, 1.807) is 0 Å². The van der Waals surface area contributed by atoms with Crippen LogP contribution >= 0.6 is 0 Å². The number of nitrogens with zero attached hydrogens (tertiary/aromatic N) is 3. The molecule has 2 heterocycles. The maximum atomic E-state index is 12.8. The van der Waals surface area contributed by atoms with Gasteiger partial charge in [0.1, 0.15) is 0 Å². The fourth-order valence-electron chi connectivity index (χ4n) is 3.82.